The second-order valence-electron chi connectivity index (χ2n) is 5.90. The Morgan fingerprint density at radius 3 is 2.63 bits per heavy atom. The summed E-state index contributed by atoms with van der Waals surface area (Å²) >= 11 is 0. The highest BCUT2D eigenvalue weighted by Crippen LogP contribution is 2.40. The van der Waals surface area contributed by atoms with E-state index < -0.39 is 0 Å². The number of rotatable bonds is 5. The molecule has 1 nitrogen and oxygen atoms in total. The van der Waals surface area contributed by atoms with E-state index in [2.05, 4.69) is 27.4 Å². The number of hydrogen-bond acceptors (Lipinski definition) is 1. The summed E-state index contributed by atoms with van der Waals surface area (Å²) in [5, 5.41) is 0. The molecule has 1 rings (SSSR count). The number of allylic oxidation sites excluding steroid dienone is 7. The standard InChI is InChI=1S/C18H26O/c1-6-9-15(7-2)17(19)12-11-16-14(3)10-8-13-18(16,4)5/h7,9,11-12H,2,6,8,10,13H2,1,3-5H3/b12-11+,15-9-. The van der Waals surface area contributed by atoms with E-state index in [-0.39, 0.29) is 11.2 Å². The molecule has 1 aliphatic rings. The minimum atomic E-state index is 0.0542. The van der Waals surface area contributed by atoms with Crippen molar-refractivity contribution in [3.05, 3.63) is 47.6 Å². The molecule has 1 aliphatic carbocycles. The van der Waals surface area contributed by atoms with E-state index in [1.165, 1.54) is 24.0 Å². The van der Waals surface area contributed by atoms with Crippen LogP contribution in [0.4, 0.5) is 0 Å². The fourth-order valence-corrected chi connectivity index (χ4v) is 2.77. The van der Waals surface area contributed by atoms with Gasteiger partial charge in [0.1, 0.15) is 0 Å². The van der Waals surface area contributed by atoms with Gasteiger partial charge in [-0.2, -0.15) is 0 Å². The Morgan fingerprint density at radius 2 is 2.11 bits per heavy atom. The highest BCUT2D eigenvalue weighted by molar-refractivity contribution is 6.06. The molecule has 0 unspecified atom stereocenters. The first-order valence-corrected chi connectivity index (χ1v) is 7.17. The van der Waals surface area contributed by atoms with Crippen LogP contribution in [0.15, 0.2) is 47.6 Å². The van der Waals surface area contributed by atoms with E-state index in [0.717, 1.165) is 12.8 Å². The van der Waals surface area contributed by atoms with E-state index in [1.807, 2.05) is 19.1 Å². The van der Waals surface area contributed by atoms with Gasteiger partial charge in [0, 0.05) is 5.57 Å². The first-order chi connectivity index (χ1) is 8.92. The second kappa shape index (κ2) is 6.70. The summed E-state index contributed by atoms with van der Waals surface area (Å²) in [5.74, 6) is 0.0542. The summed E-state index contributed by atoms with van der Waals surface area (Å²) in [6.45, 7) is 12.4. The van der Waals surface area contributed by atoms with Crippen molar-refractivity contribution >= 4 is 5.78 Å². The van der Waals surface area contributed by atoms with Crippen molar-refractivity contribution in [2.45, 2.75) is 53.4 Å². The summed E-state index contributed by atoms with van der Waals surface area (Å²) in [6, 6.07) is 0. The Labute approximate surface area is 117 Å². The minimum Gasteiger partial charge on any atom is -0.289 e. The average molecular weight is 258 g/mol. The molecule has 0 saturated carbocycles. The van der Waals surface area contributed by atoms with Crippen molar-refractivity contribution in [2.75, 3.05) is 0 Å². The summed E-state index contributed by atoms with van der Waals surface area (Å²) < 4.78 is 0. The molecule has 0 amide bonds. The number of ketones is 1. The van der Waals surface area contributed by atoms with Gasteiger partial charge in [-0.25, -0.2) is 0 Å². The van der Waals surface area contributed by atoms with Crippen LogP contribution in [0.5, 0.6) is 0 Å². The third-order valence-corrected chi connectivity index (χ3v) is 3.87. The molecule has 0 aromatic carbocycles. The number of carbonyl (C=O) groups excluding carboxylic acids is 1. The van der Waals surface area contributed by atoms with Crippen molar-refractivity contribution in [2.24, 2.45) is 5.41 Å². The highest BCUT2D eigenvalue weighted by Gasteiger charge is 2.26. The number of carbonyl (C=O) groups is 1. The maximum absolute atomic E-state index is 12.1. The normalized spacial score (nSPS) is 19.9. The van der Waals surface area contributed by atoms with Gasteiger partial charge in [-0.15, -0.1) is 0 Å². The van der Waals surface area contributed by atoms with Crippen molar-refractivity contribution in [1.29, 1.82) is 0 Å². The lowest BCUT2D eigenvalue weighted by atomic mass is 9.72. The fourth-order valence-electron chi connectivity index (χ4n) is 2.77. The molecule has 0 bridgehead atoms. The molecule has 104 valence electrons. The van der Waals surface area contributed by atoms with Gasteiger partial charge in [0.15, 0.2) is 5.78 Å². The van der Waals surface area contributed by atoms with E-state index in [1.54, 1.807) is 12.2 Å². The fraction of sp³-hybridized carbons (Fsp3) is 0.500. The molecule has 0 saturated heterocycles. The smallest absolute Gasteiger partial charge is 0.185 e. The minimum absolute atomic E-state index is 0.0542. The van der Waals surface area contributed by atoms with E-state index in [9.17, 15) is 4.79 Å². The predicted molar refractivity (Wildman–Crippen MR) is 83.1 cm³/mol. The van der Waals surface area contributed by atoms with Gasteiger partial charge in [0.25, 0.3) is 0 Å². The molecular formula is C18H26O. The van der Waals surface area contributed by atoms with Gasteiger partial charge < -0.3 is 0 Å². The predicted octanol–water partition coefficient (Wildman–Crippen LogP) is 5.16. The van der Waals surface area contributed by atoms with Crippen LogP contribution in [0.25, 0.3) is 0 Å². The molecule has 0 aromatic heterocycles. The van der Waals surface area contributed by atoms with Crippen LogP contribution < -0.4 is 0 Å². The third-order valence-electron chi connectivity index (χ3n) is 3.87. The van der Waals surface area contributed by atoms with Crippen LogP contribution in [0.1, 0.15) is 53.4 Å². The van der Waals surface area contributed by atoms with Crippen molar-refractivity contribution in [3.63, 3.8) is 0 Å². The molecular weight excluding hydrogens is 232 g/mol. The highest BCUT2D eigenvalue weighted by atomic mass is 16.1. The van der Waals surface area contributed by atoms with Crippen molar-refractivity contribution in [3.8, 4) is 0 Å². The molecule has 0 fully saturated rings. The largest absolute Gasteiger partial charge is 0.289 e. The second-order valence-corrected chi connectivity index (χ2v) is 5.90. The topological polar surface area (TPSA) is 17.1 Å². The van der Waals surface area contributed by atoms with E-state index in [0.29, 0.717) is 5.57 Å². The molecule has 0 aliphatic heterocycles. The van der Waals surface area contributed by atoms with Gasteiger partial charge in [-0.3, -0.25) is 4.79 Å². The first kappa shape index (κ1) is 15.7. The summed E-state index contributed by atoms with van der Waals surface area (Å²) in [7, 11) is 0. The van der Waals surface area contributed by atoms with E-state index >= 15 is 0 Å². The Morgan fingerprint density at radius 1 is 1.42 bits per heavy atom. The zero-order valence-electron chi connectivity index (χ0n) is 12.8. The van der Waals surface area contributed by atoms with Crippen LogP contribution in [-0.4, -0.2) is 5.78 Å². The van der Waals surface area contributed by atoms with Crippen molar-refractivity contribution in [1.82, 2.24) is 0 Å². The molecule has 0 heterocycles. The lowest BCUT2D eigenvalue weighted by Crippen LogP contribution is -2.19. The molecule has 0 aromatic rings. The maximum atomic E-state index is 12.1. The lowest BCUT2D eigenvalue weighted by molar-refractivity contribution is -0.111. The quantitative estimate of drug-likeness (QED) is 0.491. The van der Waals surface area contributed by atoms with Crippen LogP contribution >= 0.6 is 0 Å². The Bertz CT molecular complexity index is 444. The van der Waals surface area contributed by atoms with Gasteiger partial charge in [-0.05, 0) is 49.7 Å². The van der Waals surface area contributed by atoms with Crippen LogP contribution in [0.3, 0.4) is 0 Å². The van der Waals surface area contributed by atoms with Gasteiger partial charge >= 0.3 is 0 Å². The Kier molecular flexibility index (Phi) is 5.53. The van der Waals surface area contributed by atoms with Crippen LogP contribution in [-0.2, 0) is 4.79 Å². The molecule has 0 radical (unpaired) electrons. The summed E-state index contributed by atoms with van der Waals surface area (Å²) in [4.78, 5) is 12.1. The van der Waals surface area contributed by atoms with Crippen LogP contribution in [0.2, 0.25) is 0 Å². The Hall–Kier alpha value is -1.37. The summed E-state index contributed by atoms with van der Waals surface area (Å²) in [5.41, 5.74) is 3.62. The van der Waals surface area contributed by atoms with Crippen LogP contribution in [0, 0.1) is 5.41 Å². The first-order valence-electron chi connectivity index (χ1n) is 7.17. The molecule has 0 spiro atoms. The average Bonchev–Trinajstić information content (AvgIpc) is 2.34. The zero-order valence-corrected chi connectivity index (χ0v) is 12.8. The SMILES string of the molecule is C=C/C(=C/CC)C(=O)/C=C/C1=C(C)CCCC1(C)C. The molecule has 19 heavy (non-hydrogen) atoms. The lowest BCUT2D eigenvalue weighted by Gasteiger charge is -2.32. The van der Waals surface area contributed by atoms with E-state index in [4.69, 9.17) is 0 Å². The summed E-state index contributed by atoms with van der Waals surface area (Å²) in [6.07, 6.45) is 11.7. The zero-order chi connectivity index (χ0) is 14.5. The van der Waals surface area contributed by atoms with Crippen molar-refractivity contribution < 1.29 is 4.79 Å². The third kappa shape index (κ3) is 4.05. The molecule has 0 atom stereocenters. The van der Waals surface area contributed by atoms with Gasteiger partial charge in [0.2, 0.25) is 0 Å². The molecule has 1 heteroatoms. The number of hydrogen-bond donors (Lipinski definition) is 0. The molecule has 0 N–H and O–H groups in total. The Balaban J connectivity index is 2.95. The van der Waals surface area contributed by atoms with Gasteiger partial charge in [0.05, 0.1) is 0 Å². The monoisotopic (exact) mass is 258 g/mol. The van der Waals surface area contributed by atoms with Gasteiger partial charge in [-0.1, -0.05) is 51.2 Å². The maximum Gasteiger partial charge on any atom is 0.185 e.